The zero-order valence-corrected chi connectivity index (χ0v) is 15.9. The van der Waals surface area contributed by atoms with Crippen LogP contribution in [0.15, 0.2) is 0 Å². The molecule has 0 bridgehead atoms. The van der Waals surface area contributed by atoms with Crippen LogP contribution in [0.2, 0.25) is 0 Å². The predicted molar refractivity (Wildman–Crippen MR) is 92.5 cm³/mol. The number of amides is 2. The van der Waals surface area contributed by atoms with E-state index in [1.54, 1.807) is 19.1 Å². The number of ether oxygens (including phenoxy) is 2. The Balaban J connectivity index is 3.00. The molecule has 0 unspecified atom stereocenters. The highest BCUT2D eigenvalue weighted by Crippen LogP contribution is 2.38. The van der Waals surface area contributed by atoms with Gasteiger partial charge in [-0.3, -0.25) is 9.59 Å². The molecule has 1 fully saturated rings. The molecule has 140 valence electrons. The largest absolute Gasteiger partial charge is 0.383 e. The van der Waals surface area contributed by atoms with Crippen LogP contribution in [0.5, 0.6) is 0 Å². The second kappa shape index (κ2) is 8.27. The number of hydrogen-bond donors (Lipinski definition) is 1. The Labute approximate surface area is 145 Å². The molecule has 1 saturated heterocycles. The molecule has 24 heavy (non-hydrogen) atoms. The maximum Gasteiger partial charge on any atom is 0.312 e. The van der Waals surface area contributed by atoms with Crippen molar-refractivity contribution in [2.75, 3.05) is 40.5 Å². The summed E-state index contributed by atoms with van der Waals surface area (Å²) in [5.41, 5.74) is 5.21. The molecular formula is C17H33N3O4. The van der Waals surface area contributed by atoms with E-state index in [0.29, 0.717) is 39.1 Å². The number of piperidine rings is 1. The van der Waals surface area contributed by atoms with E-state index in [1.165, 1.54) is 4.90 Å². The van der Waals surface area contributed by atoms with Crippen LogP contribution in [0, 0.1) is 0 Å². The lowest BCUT2D eigenvalue weighted by molar-refractivity contribution is -0.164. The van der Waals surface area contributed by atoms with Crippen LogP contribution in [0.1, 0.15) is 40.5 Å². The molecule has 0 atom stereocenters. The van der Waals surface area contributed by atoms with Gasteiger partial charge < -0.3 is 25.0 Å². The SMILES string of the molecule is COCCN(CCOC)C(=O)C(=O)N1C(C)(C)CC(N)CC1(C)C. The van der Waals surface area contributed by atoms with E-state index in [0.717, 1.165) is 0 Å². The minimum atomic E-state index is -0.513. The number of methoxy groups -OCH3 is 2. The first kappa shape index (κ1) is 20.9. The number of nitrogens with two attached hydrogens (primary N) is 1. The van der Waals surface area contributed by atoms with Gasteiger partial charge in [0, 0.05) is 44.4 Å². The lowest BCUT2D eigenvalue weighted by atomic mass is 9.77. The smallest absolute Gasteiger partial charge is 0.312 e. The van der Waals surface area contributed by atoms with Crippen LogP contribution in [0.3, 0.4) is 0 Å². The van der Waals surface area contributed by atoms with Crippen molar-refractivity contribution in [1.29, 1.82) is 0 Å². The molecule has 0 radical (unpaired) electrons. The Morgan fingerprint density at radius 1 is 1.04 bits per heavy atom. The molecule has 0 aliphatic carbocycles. The van der Waals surface area contributed by atoms with Gasteiger partial charge in [0.1, 0.15) is 0 Å². The molecule has 7 heteroatoms. The van der Waals surface area contributed by atoms with E-state index in [-0.39, 0.29) is 6.04 Å². The monoisotopic (exact) mass is 343 g/mol. The first-order valence-electron chi connectivity index (χ1n) is 8.44. The number of rotatable bonds is 6. The fourth-order valence-electron chi connectivity index (χ4n) is 3.86. The maximum atomic E-state index is 13.0. The number of carbonyl (C=O) groups is 2. The van der Waals surface area contributed by atoms with Crippen molar-refractivity contribution >= 4 is 11.8 Å². The van der Waals surface area contributed by atoms with Gasteiger partial charge in [0.05, 0.1) is 13.2 Å². The minimum Gasteiger partial charge on any atom is -0.383 e. The van der Waals surface area contributed by atoms with E-state index < -0.39 is 22.9 Å². The van der Waals surface area contributed by atoms with Crippen molar-refractivity contribution in [3.8, 4) is 0 Å². The molecule has 1 aliphatic heterocycles. The molecule has 2 N–H and O–H groups in total. The summed E-state index contributed by atoms with van der Waals surface area (Å²) in [4.78, 5) is 29.0. The molecular weight excluding hydrogens is 310 g/mol. The molecule has 0 aromatic carbocycles. The third kappa shape index (κ3) is 4.91. The standard InChI is InChI=1S/C17H33N3O4/c1-16(2)11-13(18)12-17(3,4)20(16)15(22)14(21)19(7-9-23-5)8-10-24-6/h13H,7-12,18H2,1-6H3. The summed E-state index contributed by atoms with van der Waals surface area (Å²) in [7, 11) is 3.14. The van der Waals surface area contributed by atoms with Gasteiger partial charge in [0.25, 0.3) is 0 Å². The van der Waals surface area contributed by atoms with E-state index in [9.17, 15) is 9.59 Å². The summed E-state index contributed by atoms with van der Waals surface area (Å²) < 4.78 is 10.1. The number of hydrogen-bond acceptors (Lipinski definition) is 5. The van der Waals surface area contributed by atoms with Gasteiger partial charge >= 0.3 is 11.8 Å². The van der Waals surface area contributed by atoms with Gasteiger partial charge in [-0.1, -0.05) is 0 Å². The summed E-state index contributed by atoms with van der Waals surface area (Å²) in [6.45, 7) is 9.33. The average molecular weight is 343 g/mol. The summed E-state index contributed by atoms with van der Waals surface area (Å²) in [6.07, 6.45) is 1.34. The van der Waals surface area contributed by atoms with Gasteiger partial charge in [0.2, 0.25) is 0 Å². The van der Waals surface area contributed by atoms with Crippen molar-refractivity contribution in [2.45, 2.75) is 57.7 Å². The topological polar surface area (TPSA) is 85.1 Å². The summed E-state index contributed by atoms with van der Waals surface area (Å²) >= 11 is 0. The van der Waals surface area contributed by atoms with Crippen LogP contribution in [0.4, 0.5) is 0 Å². The van der Waals surface area contributed by atoms with Gasteiger partial charge in [0.15, 0.2) is 0 Å². The fraction of sp³-hybridized carbons (Fsp3) is 0.882. The summed E-state index contributed by atoms with van der Waals surface area (Å²) in [5.74, 6) is -0.996. The van der Waals surface area contributed by atoms with E-state index in [1.807, 2.05) is 27.7 Å². The maximum absolute atomic E-state index is 13.0. The van der Waals surface area contributed by atoms with Crippen LogP contribution < -0.4 is 5.73 Å². The zero-order valence-electron chi connectivity index (χ0n) is 15.9. The first-order valence-corrected chi connectivity index (χ1v) is 8.44. The third-order valence-electron chi connectivity index (χ3n) is 4.54. The Morgan fingerprint density at radius 2 is 1.46 bits per heavy atom. The normalized spacial score (nSPS) is 20.0. The quantitative estimate of drug-likeness (QED) is 0.715. The molecule has 0 saturated carbocycles. The molecule has 1 rings (SSSR count). The second-order valence-electron chi connectivity index (χ2n) is 7.71. The Bertz CT molecular complexity index is 425. The molecule has 2 amide bonds. The molecule has 7 nitrogen and oxygen atoms in total. The molecule has 0 aromatic rings. The van der Waals surface area contributed by atoms with Gasteiger partial charge in [-0.15, -0.1) is 0 Å². The van der Waals surface area contributed by atoms with Crippen LogP contribution >= 0.6 is 0 Å². The zero-order chi connectivity index (χ0) is 18.5. The highest BCUT2D eigenvalue weighted by Gasteiger charge is 2.49. The van der Waals surface area contributed by atoms with Crippen LogP contribution in [-0.2, 0) is 19.1 Å². The summed E-state index contributed by atoms with van der Waals surface area (Å²) in [6, 6.07) is 0.0206. The van der Waals surface area contributed by atoms with Crippen molar-refractivity contribution < 1.29 is 19.1 Å². The number of nitrogens with zero attached hydrogens (tertiary/aromatic N) is 2. The minimum absolute atomic E-state index is 0.0206. The number of carbonyl (C=O) groups excluding carboxylic acids is 2. The third-order valence-corrected chi connectivity index (χ3v) is 4.54. The Morgan fingerprint density at radius 3 is 1.83 bits per heavy atom. The predicted octanol–water partition coefficient (Wildman–Crippen LogP) is 0.615. The van der Waals surface area contributed by atoms with Crippen molar-refractivity contribution in [3.05, 3.63) is 0 Å². The molecule has 1 aliphatic rings. The van der Waals surface area contributed by atoms with E-state index in [2.05, 4.69) is 0 Å². The molecule has 0 spiro atoms. The lowest BCUT2D eigenvalue weighted by Gasteiger charge is -2.54. The van der Waals surface area contributed by atoms with Crippen molar-refractivity contribution in [1.82, 2.24) is 9.80 Å². The van der Waals surface area contributed by atoms with Gasteiger partial charge in [-0.05, 0) is 40.5 Å². The molecule has 1 heterocycles. The van der Waals surface area contributed by atoms with E-state index in [4.69, 9.17) is 15.2 Å². The van der Waals surface area contributed by atoms with Gasteiger partial charge in [-0.2, -0.15) is 0 Å². The lowest BCUT2D eigenvalue weighted by Crippen LogP contribution is -2.67. The Hall–Kier alpha value is -1.18. The van der Waals surface area contributed by atoms with Crippen molar-refractivity contribution in [2.24, 2.45) is 5.73 Å². The van der Waals surface area contributed by atoms with Crippen molar-refractivity contribution in [3.63, 3.8) is 0 Å². The molecule has 0 aromatic heterocycles. The highest BCUT2D eigenvalue weighted by atomic mass is 16.5. The van der Waals surface area contributed by atoms with E-state index >= 15 is 0 Å². The van der Waals surface area contributed by atoms with Crippen LogP contribution in [-0.4, -0.2) is 79.3 Å². The second-order valence-corrected chi connectivity index (χ2v) is 7.71. The van der Waals surface area contributed by atoms with Crippen LogP contribution in [0.25, 0.3) is 0 Å². The number of likely N-dealkylation sites (tertiary alicyclic amines) is 1. The highest BCUT2D eigenvalue weighted by molar-refractivity contribution is 6.35. The average Bonchev–Trinajstić information content (AvgIpc) is 2.43. The first-order chi connectivity index (χ1) is 11.1. The van der Waals surface area contributed by atoms with Gasteiger partial charge in [-0.25, -0.2) is 0 Å². The fourth-order valence-corrected chi connectivity index (χ4v) is 3.86. The summed E-state index contributed by atoms with van der Waals surface area (Å²) in [5, 5.41) is 0. The Kier molecular flexibility index (Phi) is 7.19.